The number of carbonyl (C=O) groups is 2. The molecule has 0 aliphatic carbocycles. The predicted octanol–water partition coefficient (Wildman–Crippen LogP) is 2.27. The number of carbonyl (C=O) groups excluding carboxylic acids is 1. The standard InChI is InChI=1S/C13H26N2O3S/c1-6-9(2)11(12(16)17)14-13(18)15(4)10(3)7-8-19-5/h9-11H,6-8H2,1-5H3,(H,14,18)(H,16,17). The van der Waals surface area contributed by atoms with E-state index >= 15 is 0 Å². The van der Waals surface area contributed by atoms with E-state index in [1.54, 1.807) is 23.7 Å². The Kier molecular flexibility index (Phi) is 8.63. The van der Waals surface area contributed by atoms with Crippen LogP contribution in [0.4, 0.5) is 4.79 Å². The summed E-state index contributed by atoms with van der Waals surface area (Å²) in [6, 6.07) is -1.05. The number of thioether (sulfide) groups is 1. The van der Waals surface area contributed by atoms with Gasteiger partial charge in [-0.1, -0.05) is 20.3 Å². The molecule has 0 aliphatic rings. The minimum atomic E-state index is -0.979. The number of hydrogen-bond acceptors (Lipinski definition) is 3. The van der Waals surface area contributed by atoms with E-state index in [1.807, 2.05) is 27.0 Å². The Hall–Kier alpha value is -0.910. The van der Waals surface area contributed by atoms with Crippen LogP contribution in [0, 0.1) is 5.92 Å². The van der Waals surface area contributed by atoms with Crippen LogP contribution in [0.1, 0.15) is 33.6 Å². The van der Waals surface area contributed by atoms with E-state index in [-0.39, 0.29) is 18.0 Å². The summed E-state index contributed by atoms with van der Waals surface area (Å²) in [5.74, 6) is -0.0869. The van der Waals surface area contributed by atoms with Crippen molar-refractivity contribution < 1.29 is 14.7 Å². The smallest absolute Gasteiger partial charge is 0.326 e. The number of carboxylic acid groups (broad SMARTS) is 1. The van der Waals surface area contributed by atoms with E-state index in [2.05, 4.69) is 5.32 Å². The molecule has 0 aromatic carbocycles. The van der Waals surface area contributed by atoms with Crippen molar-refractivity contribution >= 4 is 23.8 Å². The van der Waals surface area contributed by atoms with Gasteiger partial charge in [0.15, 0.2) is 0 Å². The molecule has 0 rings (SSSR count). The largest absolute Gasteiger partial charge is 0.480 e. The summed E-state index contributed by atoms with van der Waals surface area (Å²) in [7, 11) is 1.70. The van der Waals surface area contributed by atoms with Gasteiger partial charge in [0.05, 0.1) is 0 Å². The Morgan fingerprint density at radius 3 is 2.37 bits per heavy atom. The predicted molar refractivity (Wildman–Crippen MR) is 79.6 cm³/mol. The number of nitrogens with one attached hydrogen (secondary N) is 1. The van der Waals surface area contributed by atoms with Crippen molar-refractivity contribution in [1.82, 2.24) is 10.2 Å². The monoisotopic (exact) mass is 290 g/mol. The van der Waals surface area contributed by atoms with Gasteiger partial charge in [-0.05, 0) is 31.3 Å². The van der Waals surface area contributed by atoms with Crippen LogP contribution < -0.4 is 5.32 Å². The first-order valence-electron chi connectivity index (χ1n) is 6.60. The van der Waals surface area contributed by atoms with Crippen LogP contribution in [0.15, 0.2) is 0 Å². The number of amides is 2. The molecule has 0 radical (unpaired) electrons. The Balaban J connectivity index is 4.50. The number of urea groups is 1. The SMILES string of the molecule is CCC(C)C(NC(=O)N(C)C(C)CCSC)C(=O)O. The zero-order valence-corrected chi connectivity index (χ0v) is 13.3. The van der Waals surface area contributed by atoms with Gasteiger partial charge < -0.3 is 15.3 Å². The zero-order chi connectivity index (χ0) is 15.0. The van der Waals surface area contributed by atoms with Crippen LogP contribution >= 0.6 is 11.8 Å². The van der Waals surface area contributed by atoms with Gasteiger partial charge in [0.25, 0.3) is 0 Å². The number of carboxylic acids is 1. The molecule has 0 aliphatic heterocycles. The molecule has 19 heavy (non-hydrogen) atoms. The fraction of sp³-hybridized carbons (Fsp3) is 0.846. The number of rotatable bonds is 8. The van der Waals surface area contributed by atoms with Gasteiger partial charge in [-0.2, -0.15) is 11.8 Å². The summed E-state index contributed by atoms with van der Waals surface area (Å²) in [4.78, 5) is 24.8. The number of aliphatic carboxylic acids is 1. The molecule has 0 saturated carbocycles. The van der Waals surface area contributed by atoms with E-state index in [0.29, 0.717) is 6.42 Å². The summed E-state index contributed by atoms with van der Waals surface area (Å²) in [6.07, 6.45) is 3.63. The molecule has 0 bridgehead atoms. The summed E-state index contributed by atoms with van der Waals surface area (Å²) in [5.41, 5.74) is 0. The Bertz CT molecular complexity index is 300. The molecule has 5 nitrogen and oxygen atoms in total. The van der Waals surface area contributed by atoms with Gasteiger partial charge in [0.1, 0.15) is 6.04 Å². The molecule has 0 aromatic heterocycles. The first kappa shape index (κ1) is 18.1. The highest BCUT2D eigenvalue weighted by molar-refractivity contribution is 7.98. The second-order valence-corrected chi connectivity index (χ2v) is 5.88. The highest BCUT2D eigenvalue weighted by Gasteiger charge is 2.27. The number of nitrogens with zero attached hydrogens (tertiary/aromatic N) is 1. The average molecular weight is 290 g/mol. The van der Waals surface area contributed by atoms with Crippen molar-refractivity contribution in [3.8, 4) is 0 Å². The van der Waals surface area contributed by atoms with Crippen LogP contribution in [0.5, 0.6) is 0 Å². The zero-order valence-electron chi connectivity index (χ0n) is 12.5. The van der Waals surface area contributed by atoms with Gasteiger partial charge in [-0.3, -0.25) is 0 Å². The van der Waals surface area contributed by atoms with Gasteiger partial charge in [-0.15, -0.1) is 0 Å². The van der Waals surface area contributed by atoms with Gasteiger partial charge >= 0.3 is 12.0 Å². The Labute approximate surface area is 120 Å². The van der Waals surface area contributed by atoms with E-state index < -0.39 is 12.0 Å². The fourth-order valence-electron chi connectivity index (χ4n) is 1.60. The summed E-state index contributed by atoms with van der Waals surface area (Å²) >= 11 is 1.73. The normalized spacial score (nSPS) is 15.4. The molecule has 0 spiro atoms. The van der Waals surface area contributed by atoms with Crippen LogP contribution in [0.2, 0.25) is 0 Å². The molecule has 6 heteroatoms. The van der Waals surface area contributed by atoms with E-state index in [4.69, 9.17) is 5.11 Å². The second-order valence-electron chi connectivity index (χ2n) is 4.89. The highest BCUT2D eigenvalue weighted by Crippen LogP contribution is 2.10. The van der Waals surface area contributed by atoms with Crippen LogP contribution in [-0.4, -0.2) is 53.1 Å². The molecular weight excluding hydrogens is 264 g/mol. The van der Waals surface area contributed by atoms with Crippen LogP contribution in [0.3, 0.4) is 0 Å². The van der Waals surface area contributed by atoms with Gasteiger partial charge in [0, 0.05) is 13.1 Å². The lowest BCUT2D eigenvalue weighted by molar-refractivity contribution is -0.140. The van der Waals surface area contributed by atoms with Gasteiger partial charge in [0.2, 0.25) is 0 Å². The summed E-state index contributed by atoms with van der Waals surface area (Å²) in [6.45, 7) is 5.71. The van der Waals surface area contributed by atoms with Crippen molar-refractivity contribution in [1.29, 1.82) is 0 Å². The molecule has 0 heterocycles. The first-order valence-corrected chi connectivity index (χ1v) is 7.99. The lowest BCUT2D eigenvalue weighted by Gasteiger charge is -2.28. The van der Waals surface area contributed by atoms with E-state index in [1.165, 1.54) is 0 Å². The molecule has 0 saturated heterocycles. The number of hydrogen-bond donors (Lipinski definition) is 2. The molecule has 112 valence electrons. The topological polar surface area (TPSA) is 69.6 Å². The molecule has 3 atom stereocenters. The Morgan fingerprint density at radius 1 is 1.37 bits per heavy atom. The third-order valence-corrected chi connectivity index (χ3v) is 4.12. The van der Waals surface area contributed by atoms with Gasteiger partial charge in [-0.25, -0.2) is 9.59 Å². The van der Waals surface area contributed by atoms with Crippen molar-refractivity contribution in [3.05, 3.63) is 0 Å². The maximum absolute atomic E-state index is 12.0. The molecule has 3 unspecified atom stereocenters. The fourth-order valence-corrected chi connectivity index (χ4v) is 2.18. The molecular formula is C13H26N2O3S. The highest BCUT2D eigenvalue weighted by atomic mass is 32.2. The third-order valence-electron chi connectivity index (χ3n) is 3.48. The summed E-state index contributed by atoms with van der Waals surface area (Å²) in [5, 5.41) is 11.8. The molecule has 2 N–H and O–H groups in total. The third kappa shape index (κ3) is 6.18. The molecule has 2 amide bonds. The maximum Gasteiger partial charge on any atom is 0.326 e. The lowest BCUT2D eigenvalue weighted by Crippen LogP contribution is -2.51. The van der Waals surface area contributed by atoms with Crippen molar-refractivity contribution in [2.75, 3.05) is 19.1 Å². The van der Waals surface area contributed by atoms with E-state index in [9.17, 15) is 9.59 Å². The van der Waals surface area contributed by atoms with E-state index in [0.717, 1.165) is 12.2 Å². The quantitative estimate of drug-likeness (QED) is 0.719. The lowest BCUT2D eigenvalue weighted by atomic mass is 9.99. The Morgan fingerprint density at radius 2 is 1.95 bits per heavy atom. The minimum Gasteiger partial charge on any atom is -0.480 e. The van der Waals surface area contributed by atoms with Crippen molar-refractivity contribution in [2.24, 2.45) is 5.92 Å². The second kappa shape index (κ2) is 9.07. The van der Waals surface area contributed by atoms with Crippen LogP contribution in [0.25, 0.3) is 0 Å². The molecule has 0 fully saturated rings. The maximum atomic E-state index is 12.0. The van der Waals surface area contributed by atoms with Crippen molar-refractivity contribution in [2.45, 2.75) is 45.7 Å². The van der Waals surface area contributed by atoms with Crippen molar-refractivity contribution in [3.63, 3.8) is 0 Å². The van der Waals surface area contributed by atoms with Crippen LogP contribution in [-0.2, 0) is 4.79 Å². The summed E-state index contributed by atoms with van der Waals surface area (Å²) < 4.78 is 0. The average Bonchev–Trinajstić information content (AvgIpc) is 2.39. The molecule has 0 aromatic rings. The first-order chi connectivity index (χ1) is 8.84. The minimum absolute atomic E-state index is 0.0867.